The summed E-state index contributed by atoms with van der Waals surface area (Å²) in [6.07, 6.45) is -12.2. The highest BCUT2D eigenvalue weighted by molar-refractivity contribution is 7.22. The number of anilines is 1. The molecule has 0 saturated carbocycles. The number of ether oxygens (including phenoxy) is 1. The van der Waals surface area contributed by atoms with E-state index in [0.717, 1.165) is 36.7 Å². The van der Waals surface area contributed by atoms with Crippen molar-refractivity contribution in [2.75, 3.05) is 12.4 Å². The minimum absolute atomic E-state index is 0.0407. The van der Waals surface area contributed by atoms with Crippen LogP contribution < -0.4 is 15.4 Å². The minimum atomic E-state index is -6.08. The molecule has 176 valence electrons. The lowest BCUT2D eigenvalue weighted by molar-refractivity contribution is -0.384. The number of halogens is 6. The fourth-order valence-corrected chi connectivity index (χ4v) is 3.74. The third-order valence-corrected chi connectivity index (χ3v) is 5.31. The Morgan fingerprint density at radius 1 is 1.09 bits per heavy atom. The van der Waals surface area contributed by atoms with Crippen molar-refractivity contribution in [2.24, 2.45) is 0 Å². The van der Waals surface area contributed by atoms with Gasteiger partial charge >= 0.3 is 18.0 Å². The number of para-hydroxylation sites is 1. The highest BCUT2D eigenvalue weighted by atomic mass is 32.1. The van der Waals surface area contributed by atoms with Gasteiger partial charge in [-0.05, 0) is 18.2 Å². The molecule has 15 heteroatoms. The molecule has 0 spiro atoms. The van der Waals surface area contributed by atoms with E-state index in [0.29, 0.717) is 11.3 Å². The molecule has 2 aromatic carbocycles. The van der Waals surface area contributed by atoms with Crippen molar-refractivity contribution in [3.05, 3.63) is 58.1 Å². The van der Waals surface area contributed by atoms with Gasteiger partial charge in [-0.25, -0.2) is 4.98 Å². The Labute approximate surface area is 184 Å². The molecule has 0 bridgehead atoms. The van der Waals surface area contributed by atoms with Gasteiger partial charge in [0.15, 0.2) is 5.13 Å². The number of benzene rings is 2. The Balaban J connectivity index is 2.09. The fraction of sp³-hybridized carbons (Fsp3) is 0.222. The van der Waals surface area contributed by atoms with Gasteiger partial charge in [0, 0.05) is 12.1 Å². The first-order valence-corrected chi connectivity index (χ1v) is 9.53. The molecule has 0 saturated heterocycles. The van der Waals surface area contributed by atoms with Gasteiger partial charge in [-0.3, -0.25) is 14.9 Å². The number of amides is 1. The predicted molar refractivity (Wildman–Crippen MR) is 105 cm³/mol. The van der Waals surface area contributed by atoms with Crippen molar-refractivity contribution in [3.63, 3.8) is 0 Å². The molecule has 0 aliphatic carbocycles. The van der Waals surface area contributed by atoms with Gasteiger partial charge in [0.25, 0.3) is 11.6 Å². The number of nitrogens with zero attached hydrogens (tertiary/aromatic N) is 2. The molecule has 0 aliphatic heterocycles. The number of carbonyl (C=O) groups excluding carboxylic acids is 1. The van der Waals surface area contributed by atoms with E-state index in [-0.39, 0.29) is 16.0 Å². The van der Waals surface area contributed by atoms with Crippen molar-refractivity contribution in [3.8, 4) is 5.75 Å². The Kier molecular flexibility index (Phi) is 6.10. The number of nitro groups is 1. The molecule has 0 atom stereocenters. The molecule has 8 nitrogen and oxygen atoms in total. The number of fused-ring (bicyclic) bond motifs is 1. The maximum atomic E-state index is 13.9. The van der Waals surface area contributed by atoms with E-state index in [4.69, 9.17) is 4.74 Å². The van der Waals surface area contributed by atoms with E-state index in [9.17, 15) is 41.3 Å². The molecular formula is C18H12F6N4O4S. The number of rotatable bonds is 6. The third kappa shape index (κ3) is 4.48. The molecule has 0 unspecified atom stereocenters. The Morgan fingerprint density at radius 2 is 1.73 bits per heavy atom. The van der Waals surface area contributed by atoms with Crippen molar-refractivity contribution in [1.82, 2.24) is 10.3 Å². The zero-order chi connectivity index (χ0) is 24.6. The summed E-state index contributed by atoms with van der Waals surface area (Å²) in [4.78, 5) is 26.2. The lowest BCUT2D eigenvalue weighted by Crippen LogP contribution is -2.72. The number of hydrogen-bond donors (Lipinski definition) is 2. The number of thiazole rings is 1. The molecule has 2 N–H and O–H groups in total. The Morgan fingerprint density at radius 3 is 2.30 bits per heavy atom. The first kappa shape index (κ1) is 24.0. The van der Waals surface area contributed by atoms with Gasteiger partial charge in [-0.1, -0.05) is 23.5 Å². The zero-order valence-corrected chi connectivity index (χ0v) is 17.1. The highest BCUT2D eigenvalue weighted by Gasteiger charge is 2.73. The number of alkyl halides is 6. The van der Waals surface area contributed by atoms with E-state index in [2.05, 4.69) is 4.98 Å². The zero-order valence-electron chi connectivity index (χ0n) is 16.2. The summed E-state index contributed by atoms with van der Waals surface area (Å²) in [7, 11) is 1.09. The largest absolute Gasteiger partial charge is 0.496 e. The molecule has 0 fully saturated rings. The van der Waals surface area contributed by atoms with Crippen molar-refractivity contribution < 1.29 is 40.8 Å². The SMILES string of the molecule is COc1ccccc1C(=O)NC(Nc1nc2ccc([N+](=O)[O-])cc2s1)(C(F)(F)F)C(F)(F)F. The molecule has 1 amide bonds. The van der Waals surface area contributed by atoms with Crippen LogP contribution in [-0.4, -0.2) is 40.9 Å². The number of carbonyl (C=O) groups is 1. The number of non-ortho nitro benzene ring substituents is 1. The average Bonchev–Trinajstić information content (AvgIpc) is 3.12. The van der Waals surface area contributed by atoms with E-state index in [1.165, 1.54) is 23.5 Å². The third-order valence-electron chi connectivity index (χ3n) is 4.38. The second kappa shape index (κ2) is 8.38. The van der Waals surface area contributed by atoms with E-state index < -0.39 is 45.2 Å². The molecule has 33 heavy (non-hydrogen) atoms. The van der Waals surface area contributed by atoms with Gasteiger partial charge in [-0.15, -0.1) is 0 Å². The molecule has 3 rings (SSSR count). The van der Waals surface area contributed by atoms with Crippen LogP contribution in [0.5, 0.6) is 5.75 Å². The van der Waals surface area contributed by atoms with Gasteiger partial charge in [-0.2, -0.15) is 26.3 Å². The summed E-state index contributed by atoms with van der Waals surface area (Å²) in [6, 6.07) is 7.80. The molecule has 1 heterocycles. The van der Waals surface area contributed by atoms with E-state index in [1.54, 1.807) is 0 Å². The normalized spacial score (nSPS) is 12.5. The first-order chi connectivity index (χ1) is 15.3. The fourth-order valence-electron chi connectivity index (χ4n) is 2.79. The smallest absolute Gasteiger partial charge is 0.439 e. The second-order valence-electron chi connectivity index (χ2n) is 6.45. The number of nitrogens with one attached hydrogen (secondary N) is 2. The summed E-state index contributed by atoms with van der Waals surface area (Å²) >= 11 is 0.316. The van der Waals surface area contributed by atoms with Crippen LogP contribution in [0.15, 0.2) is 42.5 Å². The molecule has 0 radical (unpaired) electrons. The van der Waals surface area contributed by atoms with Gasteiger partial charge < -0.3 is 15.4 Å². The van der Waals surface area contributed by atoms with Crippen LogP contribution >= 0.6 is 11.3 Å². The molecule has 3 aromatic rings. The van der Waals surface area contributed by atoms with Crippen LogP contribution in [-0.2, 0) is 0 Å². The summed E-state index contributed by atoms with van der Waals surface area (Å²) in [5.41, 5.74) is -6.01. The Bertz CT molecular complexity index is 1200. The summed E-state index contributed by atoms with van der Waals surface area (Å²) < 4.78 is 88.2. The molecule has 1 aromatic heterocycles. The summed E-state index contributed by atoms with van der Waals surface area (Å²) in [5.74, 6) is -1.97. The lowest BCUT2D eigenvalue weighted by Gasteiger charge is -2.38. The highest BCUT2D eigenvalue weighted by Crippen LogP contribution is 2.45. The standard InChI is InChI=1S/C18H12F6N4O4S/c1-32-12-5-3-2-4-10(12)14(29)26-16(17(19,20)21,18(22,23)24)27-15-25-11-7-6-9(28(30)31)8-13(11)33-15/h2-8H,1H3,(H,25,27)(H,26,29). The quantitative estimate of drug-likeness (QED) is 0.219. The average molecular weight is 494 g/mol. The topological polar surface area (TPSA) is 106 Å². The van der Waals surface area contributed by atoms with Crippen LogP contribution in [0.25, 0.3) is 10.2 Å². The number of aromatic nitrogens is 1. The van der Waals surface area contributed by atoms with Crippen LogP contribution in [0, 0.1) is 10.1 Å². The summed E-state index contributed by atoms with van der Waals surface area (Å²) in [5, 5.41) is 12.3. The molecular weight excluding hydrogens is 482 g/mol. The number of nitro benzene ring substituents is 1. The van der Waals surface area contributed by atoms with Crippen LogP contribution in [0.2, 0.25) is 0 Å². The van der Waals surface area contributed by atoms with Crippen LogP contribution in [0.3, 0.4) is 0 Å². The van der Waals surface area contributed by atoms with Crippen LogP contribution in [0.1, 0.15) is 10.4 Å². The number of hydrogen-bond acceptors (Lipinski definition) is 7. The first-order valence-electron chi connectivity index (χ1n) is 8.71. The minimum Gasteiger partial charge on any atom is -0.496 e. The maximum Gasteiger partial charge on any atom is 0.439 e. The van der Waals surface area contributed by atoms with Crippen molar-refractivity contribution in [2.45, 2.75) is 18.0 Å². The maximum absolute atomic E-state index is 13.9. The van der Waals surface area contributed by atoms with Gasteiger partial charge in [0.2, 0.25) is 0 Å². The van der Waals surface area contributed by atoms with Crippen molar-refractivity contribution in [1.29, 1.82) is 0 Å². The molecule has 0 aliphatic rings. The van der Waals surface area contributed by atoms with Gasteiger partial charge in [0.1, 0.15) is 5.75 Å². The Hall–Kier alpha value is -3.62. The van der Waals surface area contributed by atoms with Gasteiger partial charge in [0.05, 0.1) is 27.8 Å². The number of methoxy groups -OCH3 is 1. The van der Waals surface area contributed by atoms with Crippen LogP contribution in [0.4, 0.5) is 37.2 Å². The summed E-state index contributed by atoms with van der Waals surface area (Å²) in [6.45, 7) is 0. The van der Waals surface area contributed by atoms with E-state index >= 15 is 0 Å². The second-order valence-corrected chi connectivity index (χ2v) is 7.48. The lowest BCUT2D eigenvalue weighted by atomic mass is 10.1. The van der Waals surface area contributed by atoms with E-state index in [1.807, 2.05) is 0 Å². The predicted octanol–water partition coefficient (Wildman–Crippen LogP) is 4.88. The monoisotopic (exact) mass is 494 g/mol. The van der Waals surface area contributed by atoms with Crippen molar-refractivity contribution >= 4 is 38.3 Å².